The van der Waals surface area contributed by atoms with Crippen molar-refractivity contribution in [3.05, 3.63) is 54.1 Å². The van der Waals surface area contributed by atoms with Gasteiger partial charge in [0.2, 0.25) is 0 Å². The van der Waals surface area contributed by atoms with Gasteiger partial charge in [0.15, 0.2) is 5.82 Å². The quantitative estimate of drug-likeness (QED) is 0.713. The second kappa shape index (κ2) is 7.12. The van der Waals surface area contributed by atoms with Crippen LogP contribution < -0.4 is 5.32 Å². The predicted octanol–water partition coefficient (Wildman–Crippen LogP) is 4.74. The molecule has 0 aliphatic heterocycles. The molecule has 5 heteroatoms. The molecule has 0 radical (unpaired) electrons. The molecule has 0 bridgehead atoms. The first-order valence-corrected chi connectivity index (χ1v) is 9.08. The highest BCUT2D eigenvalue weighted by Gasteiger charge is 2.18. The van der Waals surface area contributed by atoms with E-state index >= 15 is 0 Å². The van der Waals surface area contributed by atoms with Gasteiger partial charge in [0, 0.05) is 11.6 Å². The molecule has 0 saturated heterocycles. The first-order valence-electron chi connectivity index (χ1n) is 9.08. The first-order chi connectivity index (χ1) is 12.7. The first kappa shape index (κ1) is 16.5. The average molecular weight is 347 g/mol. The zero-order valence-electron chi connectivity index (χ0n) is 14.5. The number of aromatic nitrogens is 2. The molecule has 3 aromatic rings. The molecule has 0 unspecified atom stereocenters. The number of fused-ring (bicyclic) bond motifs is 1. The van der Waals surface area contributed by atoms with Crippen molar-refractivity contribution < 1.29 is 9.90 Å². The summed E-state index contributed by atoms with van der Waals surface area (Å²) in [6, 6.07) is 15.3. The Balaban J connectivity index is 1.82. The predicted molar refractivity (Wildman–Crippen MR) is 102 cm³/mol. The summed E-state index contributed by atoms with van der Waals surface area (Å²) >= 11 is 0. The van der Waals surface area contributed by atoms with Gasteiger partial charge in [0.25, 0.3) is 0 Å². The highest BCUT2D eigenvalue weighted by Crippen LogP contribution is 2.30. The molecule has 1 saturated carbocycles. The van der Waals surface area contributed by atoms with E-state index in [0.717, 1.165) is 29.9 Å². The van der Waals surface area contributed by atoms with Crippen LogP contribution in [0.15, 0.2) is 48.5 Å². The lowest BCUT2D eigenvalue weighted by atomic mass is 9.95. The fourth-order valence-corrected chi connectivity index (χ4v) is 3.53. The lowest BCUT2D eigenvalue weighted by Gasteiger charge is -2.24. The van der Waals surface area contributed by atoms with E-state index in [1.54, 1.807) is 18.2 Å². The Morgan fingerprint density at radius 2 is 1.73 bits per heavy atom. The number of carboxylic acid groups (broad SMARTS) is 1. The standard InChI is InChI=1S/C21H21N3O2/c25-21(26)15-11-12-17-18(13-15)24-20(22-16-9-5-2-6-10-16)19(23-17)14-7-3-1-4-8-14/h1,3-4,7-8,11-13,16H,2,5-6,9-10H2,(H,22,24)(H,25,26). The number of hydrogen-bond donors (Lipinski definition) is 2. The summed E-state index contributed by atoms with van der Waals surface area (Å²) in [6.07, 6.45) is 5.99. The average Bonchev–Trinajstić information content (AvgIpc) is 2.68. The molecule has 132 valence electrons. The molecule has 1 aromatic heterocycles. The molecule has 0 amide bonds. The number of benzene rings is 2. The minimum Gasteiger partial charge on any atom is -0.478 e. The van der Waals surface area contributed by atoms with Crippen LogP contribution in [0, 0.1) is 0 Å². The van der Waals surface area contributed by atoms with Gasteiger partial charge >= 0.3 is 5.97 Å². The lowest BCUT2D eigenvalue weighted by Crippen LogP contribution is -2.23. The van der Waals surface area contributed by atoms with Crippen molar-refractivity contribution in [1.29, 1.82) is 0 Å². The third kappa shape index (κ3) is 3.38. The minimum absolute atomic E-state index is 0.225. The van der Waals surface area contributed by atoms with E-state index < -0.39 is 5.97 Å². The van der Waals surface area contributed by atoms with Crippen LogP contribution in [0.5, 0.6) is 0 Å². The highest BCUT2D eigenvalue weighted by atomic mass is 16.4. The fraction of sp³-hybridized carbons (Fsp3) is 0.286. The normalized spacial score (nSPS) is 15.1. The zero-order valence-corrected chi connectivity index (χ0v) is 14.5. The van der Waals surface area contributed by atoms with Crippen molar-refractivity contribution in [3.8, 4) is 11.3 Å². The summed E-state index contributed by atoms with van der Waals surface area (Å²) in [7, 11) is 0. The summed E-state index contributed by atoms with van der Waals surface area (Å²) in [6.45, 7) is 0. The SMILES string of the molecule is O=C(O)c1ccc2nc(-c3ccccc3)c(NC3CCCCC3)nc2c1. The van der Waals surface area contributed by atoms with E-state index in [-0.39, 0.29) is 5.56 Å². The van der Waals surface area contributed by atoms with Gasteiger partial charge in [0.05, 0.1) is 16.6 Å². The van der Waals surface area contributed by atoms with Crippen LogP contribution in [0.1, 0.15) is 42.5 Å². The number of anilines is 1. The Morgan fingerprint density at radius 3 is 2.46 bits per heavy atom. The van der Waals surface area contributed by atoms with Crippen LogP contribution in [0.4, 0.5) is 5.82 Å². The van der Waals surface area contributed by atoms with Crippen LogP contribution in [0.25, 0.3) is 22.3 Å². The Labute approximate surface area is 152 Å². The monoisotopic (exact) mass is 347 g/mol. The third-order valence-corrected chi connectivity index (χ3v) is 4.90. The summed E-state index contributed by atoms with van der Waals surface area (Å²) in [4.78, 5) is 20.8. The second-order valence-corrected chi connectivity index (χ2v) is 6.77. The second-order valence-electron chi connectivity index (χ2n) is 6.77. The maximum Gasteiger partial charge on any atom is 0.335 e. The van der Waals surface area contributed by atoms with E-state index in [4.69, 9.17) is 9.97 Å². The Morgan fingerprint density at radius 1 is 0.962 bits per heavy atom. The third-order valence-electron chi connectivity index (χ3n) is 4.90. The Bertz CT molecular complexity index is 935. The van der Waals surface area contributed by atoms with Crippen LogP contribution in [0.2, 0.25) is 0 Å². The van der Waals surface area contributed by atoms with E-state index in [0.29, 0.717) is 17.1 Å². The van der Waals surface area contributed by atoms with Crippen LogP contribution in [-0.4, -0.2) is 27.1 Å². The fourth-order valence-electron chi connectivity index (χ4n) is 3.53. The summed E-state index contributed by atoms with van der Waals surface area (Å²) in [5, 5.41) is 12.8. The van der Waals surface area contributed by atoms with Gasteiger partial charge in [-0.3, -0.25) is 0 Å². The Kier molecular flexibility index (Phi) is 4.52. The van der Waals surface area contributed by atoms with Gasteiger partial charge in [-0.2, -0.15) is 0 Å². The molecule has 1 fully saturated rings. The van der Waals surface area contributed by atoms with E-state index in [2.05, 4.69) is 5.32 Å². The molecule has 4 rings (SSSR count). The number of nitrogens with one attached hydrogen (secondary N) is 1. The molecule has 5 nitrogen and oxygen atoms in total. The number of nitrogens with zero attached hydrogens (tertiary/aromatic N) is 2. The van der Waals surface area contributed by atoms with Crippen LogP contribution in [-0.2, 0) is 0 Å². The van der Waals surface area contributed by atoms with E-state index in [1.165, 1.54) is 19.3 Å². The van der Waals surface area contributed by atoms with Crippen LogP contribution >= 0.6 is 0 Å². The summed E-state index contributed by atoms with van der Waals surface area (Å²) in [5.41, 5.74) is 3.34. The zero-order chi connectivity index (χ0) is 17.9. The molecule has 1 aliphatic carbocycles. The molecule has 26 heavy (non-hydrogen) atoms. The highest BCUT2D eigenvalue weighted by molar-refractivity contribution is 5.93. The van der Waals surface area contributed by atoms with Gasteiger partial charge in [-0.1, -0.05) is 49.6 Å². The van der Waals surface area contributed by atoms with Gasteiger partial charge in [-0.25, -0.2) is 14.8 Å². The molecule has 2 aromatic carbocycles. The summed E-state index contributed by atoms with van der Waals surface area (Å²) in [5.74, 6) is -0.222. The van der Waals surface area contributed by atoms with Crippen molar-refractivity contribution in [2.45, 2.75) is 38.1 Å². The number of aromatic carboxylic acids is 1. The van der Waals surface area contributed by atoms with E-state index in [9.17, 15) is 9.90 Å². The topological polar surface area (TPSA) is 75.1 Å². The maximum absolute atomic E-state index is 11.3. The van der Waals surface area contributed by atoms with Gasteiger partial charge in [-0.05, 0) is 31.0 Å². The van der Waals surface area contributed by atoms with Gasteiger partial charge in [0.1, 0.15) is 5.69 Å². The lowest BCUT2D eigenvalue weighted by molar-refractivity contribution is 0.0697. The van der Waals surface area contributed by atoms with Crippen molar-refractivity contribution in [2.75, 3.05) is 5.32 Å². The van der Waals surface area contributed by atoms with Crippen molar-refractivity contribution >= 4 is 22.8 Å². The van der Waals surface area contributed by atoms with Gasteiger partial charge < -0.3 is 10.4 Å². The molecule has 0 spiro atoms. The van der Waals surface area contributed by atoms with Crippen molar-refractivity contribution in [2.24, 2.45) is 0 Å². The van der Waals surface area contributed by atoms with E-state index in [1.807, 2.05) is 30.3 Å². The molecular weight excluding hydrogens is 326 g/mol. The smallest absolute Gasteiger partial charge is 0.335 e. The molecule has 2 N–H and O–H groups in total. The maximum atomic E-state index is 11.3. The number of carbonyl (C=O) groups is 1. The Hall–Kier alpha value is -2.95. The van der Waals surface area contributed by atoms with Crippen molar-refractivity contribution in [3.63, 3.8) is 0 Å². The largest absolute Gasteiger partial charge is 0.478 e. The molecular formula is C21H21N3O2. The molecule has 1 aliphatic rings. The molecule has 0 atom stereocenters. The number of hydrogen-bond acceptors (Lipinski definition) is 4. The summed E-state index contributed by atoms with van der Waals surface area (Å²) < 4.78 is 0. The van der Waals surface area contributed by atoms with Gasteiger partial charge in [-0.15, -0.1) is 0 Å². The minimum atomic E-state index is -0.956. The van der Waals surface area contributed by atoms with Crippen molar-refractivity contribution in [1.82, 2.24) is 9.97 Å². The molecule has 1 heterocycles. The van der Waals surface area contributed by atoms with Crippen LogP contribution in [0.3, 0.4) is 0 Å². The number of rotatable bonds is 4. The number of carboxylic acids is 1.